The number of carboxylic acids is 1. The van der Waals surface area contributed by atoms with Gasteiger partial charge in [-0.2, -0.15) is 0 Å². The molecular weight excluding hydrogens is 352 g/mol. The van der Waals surface area contributed by atoms with Gasteiger partial charge in [0.15, 0.2) is 0 Å². The summed E-state index contributed by atoms with van der Waals surface area (Å²) in [5, 5.41) is 9.90. The summed E-state index contributed by atoms with van der Waals surface area (Å²) >= 11 is 0. The zero-order chi connectivity index (χ0) is 19.5. The first kappa shape index (κ1) is 18.6. The number of ether oxygens (including phenoxy) is 1. The van der Waals surface area contributed by atoms with E-state index in [4.69, 9.17) is 14.8 Å². The maximum absolute atomic E-state index is 10.7. The Morgan fingerprint density at radius 3 is 2.71 bits per heavy atom. The Morgan fingerprint density at radius 2 is 1.96 bits per heavy atom. The van der Waals surface area contributed by atoms with E-state index in [1.165, 1.54) is 5.56 Å². The fourth-order valence-electron chi connectivity index (χ4n) is 4.02. The normalized spacial score (nSPS) is 19.6. The SMILES string of the molecule is Cc1cccc(-c2nc(C3CCC(OCC(=O)O)CC3)cc3cccnc23)c1. The van der Waals surface area contributed by atoms with Crippen LogP contribution in [0.15, 0.2) is 48.7 Å². The molecule has 144 valence electrons. The minimum atomic E-state index is -0.909. The number of nitrogens with zero attached hydrogens (tertiary/aromatic N) is 2. The highest BCUT2D eigenvalue weighted by atomic mass is 16.5. The zero-order valence-corrected chi connectivity index (χ0v) is 16.0. The Labute approximate surface area is 164 Å². The van der Waals surface area contributed by atoms with Crippen LogP contribution in [0.3, 0.4) is 0 Å². The first-order chi connectivity index (χ1) is 13.6. The van der Waals surface area contributed by atoms with Gasteiger partial charge in [-0.3, -0.25) is 9.97 Å². The Morgan fingerprint density at radius 1 is 1.14 bits per heavy atom. The minimum Gasteiger partial charge on any atom is -0.480 e. The lowest BCUT2D eigenvalue weighted by Gasteiger charge is -2.28. The molecule has 2 heterocycles. The van der Waals surface area contributed by atoms with Crippen molar-refractivity contribution in [2.75, 3.05) is 6.61 Å². The first-order valence-electron chi connectivity index (χ1n) is 9.76. The lowest BCUT2D eigenvalue weighted by molar-refractivity contribution is -0.145. The van der Waals surface area contributed by atoms with Gasteiger partial charge in [0.2, 0.25) is 0 Å². The van der Waals surface area contributed by atoms with Crippen molar-refractivity contribution in [1.29, 1.82) is 0 Å². The molecule has 1 N–H and O–H groups in total. The van der Waals surface area contributed by atoms with E-state index in [9.17, 15) is 4.79 Å². The second-order valence-corrected chi connectivity index (χ2v) is 7.52. The molecule has 0 amide bonds. The smallest absolute Gasteiger partial charge is 0.329 e. The molecule has 2 aromatic heterocycles. The Kier molecular flexibility index (Phi) is 5.35. The molecule has 28 heavy (non-hydrogen) atoms. The van der Waals surface area contributed by atoms with Crippen molar-refractivity contribution < 1.29 is 14.6 Å². The van der Waals surface area contributed by atoms with Crippen molar-refractivity contribution in [3.63, 3.8) is 0 Å². The van der Waals surface area contributed by atoms with Crippen LogP contribution in [0.2, 0.25) is 0 Å². The van der Waals surface area contributed by atoms with E-state index >= 15 is 0 Å². The van der Waals surface area contributed by atoms with Crippen molar-refractivity contribution in [1.82, 2.24) is 9.97 Å². The lowest BCUT2D eigenvalue weighted by atomic mass is 9.84. The van der Waals surface area contributed by atoms with Crippen molar-refractivity contribution >= 4 is 16.9 Å². The minimum absolute atomic E-state index is 0.0331. The highest BCUT2D eigenvalue weighted by Gasteiger charge is 2.25. The van der Waals surface area contributed by atoms with Gasteiger partial charge in [-0.15, -0.1) is 0 Å². The molecule has 0 aliphatic heterocycles. The number of fused-ring (bicyclic) bond motifs is 1. The number of benzene rings is 1. The predicted octanol–water partition coefficient (Wildman–Crippen LogP) is 4.73. The third-order valence-corrected chi connectivity index (χ3v) is 5.43. The van der Waals surface area contributed by atoms with Gasteiger partial charge < -0.3 is 9.84 Å². The standard InChI is InChI=1S/C23H24N2O3/c1-15-4-2-5-17(12-15)23-22-18(6-3-11-24-22)13-20(25-23)16-7-9-19(10-8-16)28-14-21(26)27/h2-6,11-13,16,19H,7-10,14H2,1H3,(H,26,27). The largest absolute Gasteiger partial charge is 0.480 e. The number of aliphatic carboxylic acids is 1. The number of hydrogen-bond acceptors (Lipinski definition) is 4. The molecule has 5 heteroatoms. The highest BCUT2D eigenvalue weighted by molar-refractivity contribution is 5.91. The van der Waals surface area contributed by atoms with Crippen LogP contribution in [-0.2, 0) is 9.53 Å². The summed E-state index contributed by atoms with van der Waals surface area (Å²) in [6.07, 6.45) is 5.49. The fourth-order valence-corrected chi connectivity index (χ4v) is 4.02. The molecule has 1 fully saturated rings. The second-order valence-electron chi connectivity index (χ2n) is 7.52. The zero-order valence-electron chi connectivity index (χ0n) is 16.0. The molecule has 5 nitrogen and oxygen atoms in total. The van der Waals surface area contributed by atoms with Gasteiger partial charge in [0.1, 0.15) is 6.61 Å². The molecule has 0 radical (unpaired) electrons. The van der Waals surface area contributed by atoms with Gasteiger partial charge >= 0.3 is 5.97 Å². The number of pyridine rings is 2. The van der Waals surface area contributed by atoms with E-state index in [-0.39, 0.29) is 12.7 Å². The van der Waals surface area contributed by atoms with E-state index in [0.29, 0.717) is 5.92 Å². The van der Waals surface area contributed by atoms with E-state index in [1.807, 2.05) is 12.3 Å². The van der Waals surface area contributed by atoms with Crippen molar-refractivity contribution in [3.8, 4) is 11.3 Å². The Hall–Kier alpha value is -2.79. The summed E-state index contributed by atoms with van der Waals surface area (Å²) in [5.41, 5.74) is 5.24. The van der Waals surface area contributed by atoms with E-state index in [2.05, 4.69) is 48.3 Å². The number of carbonyl (C=O) groups is 1. The summed E-state index contributed by atoms with van der Waals surface area (Å²) in [5.74, 6) is -0.550. The lowest BCUT2D eigenvalue weighted by Crippen LogP contribution is -2.24. The van der Waals surface area contributed by atoms with Crippen LogP contribution in [0.4, 0.5) is 0 Å². The third-order valence-electron chi connectivity index (χ3n) is 5.43. The van der Waals surface area contributed by atoms with Crippen molar-refractivity contribution in [2.24, 2.45) is 0 Å². The van der Waals surface area contributed by atoms with Crippen LogP contribution in [0.5, 0.6) is 0 Å². The maximum Gasteiger partial charge on any atom is 0.329 e. The molecule has 1 saturated carbocycles. The van der Waals surface area contributed by atoms with Gasteiger partial charge in [0.25, 0.3) is 0 Å². The topological polar surface area (TPSA) is 72.3 Å². The number of aromatic nitrogens is 2. The fraction of sp³-hybridized carbons (Fsp3) is 0.348. The van der Waals surface area contributed by atoms with Gasteiger partial charge in [-0.1, -0.05) is 29.8 Å². The van der Waals surface area contributed by atoms with Crippen LogP contribution in [0, 0.1) is 6.92 Å². The van der Waals surface area contributed by atoms with E-state index in [1.54, 1.807) is 0 Å². The molecule has 1 aliphatic carbocycles. The van der Waals surface area contributed by atoms with Crippen LogP contribution in [-0.4, -0.2) is 33.8 Å². The average Bonchev–Trinajstić information content (AvgIpc) is 2.72. The summed E-state index contributed by atoms with van der Waals surface area (Å²) in [6.45, 7) is 1.87. The molecule has 1 aromatic carbocycles. The molecule has 3 aromatic rings. The predicted molar refractivity (Wildman–Crippen MR) is 108 cm³/mol. The van der Waals surface area contributed by atoms with Crippen LogP contribution >= 0.6 is 0 Å². The summed E-state index contributed by atoms with van der Waals surface area (Å²) in [7, 11) is 0. The number of carboxylic acid groups (broad SMARTS) is 1. The van der Waals surface area contributed by atoms with Gasteiger partial charge in [0.05, 0.1) is 17.3 Å². The molecule has 0 atom stereocenters. The number of rotatable bonds is 5. The van der Waals surface area contributed by atoms with Crippen LogP contribution in [0.1, 0.15) is 42.9 Å². The third kappa shape index (κ3) is 4.04. The first-order valence-corrected chi connectivity index (χ1v) is 9.76. The molecular formula is C23H24N2O3. The molecule has 0 saturated heterocycles. The summed E-state index contributed by atoms with van der Waals surface area (Å²) in [6, 6.07) is 14.6. The monoisotopic (exact) mass is 376 g/mol. The second kappa shape index (κ2) is 8.07. The van der Waals surface area contributed by atoms with Gasteiger partial charge in [0, 0.05) is 28.8 Å². The molecule has 0 spiro atoms. The van der Waals surface area contributed by atoms with E-state index in [0.717, 1.165) is 53.5 Å². The average molecular weight is 376 g/mol. The number of aryl methyl sites for hydroxylation is 1. The highest BCUT2D eigenvalue weighted by Crippen LogP contribution is 2.36. The van der Waals surface area contributed by atoms with Crippen LogP contribution in [0.25, 0.3) is 22.2 Å². The van der Waals surface area contributed by atoms with Crippen LogP contribution < -0.4 is 0 Å². The summed E-state index contributed by atoms with van der Waals surface area (Å²) < 4.78 is 5.48. The Bertz CT molecular complexity index is 994. The maximum atomic E-state index is 10.7. The van der Waals surface area contributed by atoms with Crippen molar-refractivity contribution in [3.05, 3.63) is 59.9 Å². The summed E-state index contributed by atoms with van der Waals surface area (Å²) in [4.78, 5) is 20.3. The molecule has 4 rings (SSSR count). The van der Waals surface area contributed by atoms with Crippen molar-refractivity contribution in [2.45, 2.75) is 44.6 Å². The Balaban J connectivity index is 1.63. The van der Waals surface area contributed by atoms with Gasteiger partial charge in [-0.25, -0.2) is 4.79 Å². The van der Waals surface area contributed by atoms with Gasteiger partial charge in [-0.05, 0) is 50.8 Å². The molecule has 0 unspecified atom stereocenters. The van der Waals surface area contributed by atoms with E-state index < -0.39 is 5.97 Å². The quantitative estimate of drug-likeness (QED) is 0.697. The molecule has 0 bridgehead atoms. The molecule has 1 aliphatic rings. The number of hydrogen-bond donors (Lipinski definition) is 1.